The SMILES string of the molecule is OCC1(NCC2CCCOC2)CCOCC1. The van der Waals surface area contributed by atoms with Gasteiger partial charge < -0.3 is 19.9 Å². The normalized spacial score (nSPS) is 30.2. The van der Waals surface area contributed by atoms with E-state index < -0.39 is 0 Å². The van der Waals surface area contributed by atoms with Crippen molar-refractivity contribution in [3.8, 4) is 0 Å². The Morgan fingerprint density at radius 3 is 2.62 bits per heavy atom. The maximum absolute atomic E-state index is 9.52. The van der Waals surface area contributed by atoms with Crippen LogP contribution in [-0.2, 0) is 9.47 Å². The lowest BCUT2D eigenvalue weighted by Gasteiger charge is -2.38. The number of hydrogen-bond acceptors (Lipinski definition) is 4. The number of aliphatic hydroxyl groups is 1. The predicted octanol–water partition coefficient (Wildman–Crippen LogP) is 0.544. The second-order valence-electron chi connectivity index (χ2n) is 5.01. The van der Waals surface area contributed by atoms with Gasteiger partial charge in [-0.3, -0.25) is 0 Å². The zero-order valence-corrected chi connectivity index (χ0v) is 9.91. The molecule has 0 saturated carbocycles. The smallest absolute Gasteiger partial charge is 0.0615 e. The maximum atomic E-state index is 9.52. The van der Waals surface area contributed by atoms with Crippen LogP contribution in [0, 0.1) is 5.92 Å². The maximum Gasteiger partial charge on any atom is 0.0615 e. The summed E-state index contributed by atoms with van der Waals surface area (Å²) in [7, 11) is 0. The Labute approximate surface area is 97.3 Å². The molecular formula is C12H23NO3. The molecule has 2 heterocycles. The summed E-state index contributed by atoms with van der Waals surface area (Å²) >= 11 is 0. The molecule has 2 N–H and O–H groups in total. The van der Waals surface area contributed by atoms with Gasteiger partial charge in [-0.05, 0) is 31.6 Å². The summed E-state index contributed by atoms with van der Waals surface area (Å²) in [5, 5.41) is 13.1. The van der Waals surface area contributed by atoms with E-state index in [1.807, 2.05) is 0 Å². The monoisotopic (exact) mass is 229 g/mol. The molecule has 2 aliphatic rings. The van der Waals surface area contributed by atoms with Gasteiger partial charge >= 0.3 is 0 Å². The van der Waals surface area contributed by atoms with Crippen LogP contribution >= 0.6 is 0 Å². The topological polar surface area (TPSA) is 50.7 Å². The fourth-order valence-corrected chi connectivity index (χ4v) is 2.48. The quantitative estimate of drug-likeness (QED) is 0.739. The Kier molecular flexibility index (Phi) is 4.58. The summed E-state index contributed by atoms with van der Waals surface area (Å²) in [6.45, 7) is 4.47. The number of hydrogen-bond donors (Lipinski definition) is 2. The first-order valence-electron chi connectivity index (χ1n) is 6.36. The predicted molar refractivity (Wildman–Crippen MR) is 61.4 cm³/mol. The van der Waals surface area contributed by atoms with E-state index in [2.05, 4.69) is 5.32 Å². The van der Waals surface area contributed by atoms with Crippen molar-refractivity contribution in [1.82, 2.24) is 5.32 Å². The molecule has 0 radical (unpaired) electrons. The first kappa shape index (κ1) is 12.3. The van der Waals surface area contributed by atoms with Gasteiger partial charge in [0.1, 0.15) is 0 Å². The van der Waals surface area contributed by atoms with E-state index in [-0.39, 0.29) is 12.1 Å². The van der Waals surface area contributed by atoms with E-state index in [1.54, 1.807) is 0 Å². The summed E-state index contributed by atoms with van der Waals surface area (Å²) in [5.74, 6) is 0.611. The van der Waals surface area contributed by atoms with E-state index in [0.717, 1.165) is 45.8 Å². The van der Waals surface area contributed by atoms with Crippen molar-refractivity contribution in [2.75, 3.05) is 39.6 Å². The molecule has 94 valence electrons. The van der Waals surface area contributed by atoms with Gasteiger partial charge in [0, 0.05) is 31.9 Å². The van der Waals surface area contributed by atoms with Gasteiger partial charge in [0.15, 0.2) is 0 Å². The van der Waals surface area contributed by atoms with Gasteiger partial charge in [-0.2, -0.15) is 0 Å². The van der Waals surface area contributed by atoms with Crippen LogP contribution in [0.15, 0.2) is 0 Å². The molecule has 0 aromatic heterocycles. The van der Waals surface area contributed by atoms with Crippen LogP contribution in [0.1, 0.15) is 25.7 Å². The molecule has 16 heavy (non-hydrogen) atoms. The highest BCUT2D eigenvalue weighted by Crippen LogP contribution is 2.21. The molecule has 1 unspecified atom stereocenters. The molecule has 0 amide bonds. The Morgan fingerprint density at radius 1 is 1.19 bits per heavy atom. The van der Waals surface area contributed by atoms with Crippen molar-refractivity contribution in [2.45, 2.75) is 31.2 Å². The van der Waals surface area contributed by atoms with Gasteiger partial charge in [-0.25, -0.2) is 0 Å². The van der Waals surface area contributed by atoms with Gasteiger partial charge in [-0.1, -0.05) is 0 Å². The highest BCUT2D eigenvalue weighted by molar-refractivity contribution is 4.90. The fraction of sp³-hybridized carbons (Fsp3) is 1.00. The summed E-state index contributed by atoms with van der Waals surface area (Å²) in [4.78, 5) is 0. The van der Waals surface area contributed by atoms with Gasteiger partial charge in [0.2, 0.25) is 0 Å². The van der Waals surface area contributed by atoms with Crippen molar-refractivity contribution in [1.29, 1.82) is 0 Å². The van der Waals surface area contributed by atoms with E-state index in [1.165, 1.54) is 12.8 Å². The van der Waals surface area contributed by atoms with Crippen molar-refractivity contribution in [3.63, 3.8) is 0 Å². The Morgan fingerprint density at radius 2 is 2.00 bits per heavy atom. The first-order chi connectivity index (χ1) is 7.85. The van der Waals surface area contributed by atoms with E-state index in [4.69, 9.17) is 9.47 Å². The van der Waals surface area contributed by atoms with E-state index in [0.29, 0.717) is 5.92 Å². The van der Waals surface area contributed by atoms with Crippen LogP contribution in [0.4, 0.5) is 0 Å². The van der Waals surface area contributed by atoms with Crippen LogP contribution in [0.5, 0.6) is 0 Å². The molecule has 2 rings (SSSR count). The first-order valence-corrected chi connectivity index (χ1v) is 6.36. The van der Waals surface area contributed by atoms with Gasteiger partial charge in [0.05, 0.1) is 13.2 Å². The molecule has 2 saturated heterocycles. The molecule has 0 bridgehead atoms. The van der Waals surface area contributed by atoms with Crippen LogP contribution < -0.4 is 5.32 Å². The molecule has 0 aromatic carbocycles. The summed E-state index contributed by atoms with van der Waals surface area (Å²) in [5.41, 5.74) is -0.101. The van der Waals surface area contributed by atoms with Crippen molar-refractivity contribution < 1.29 is 14.6 Å². The molecule has 0 spiro atoms. The number of aliphatic hydroxyl groups excluding tert-OH is 1. The van der Waals surface area contributed by atoms with Crippen molar-refractivity contribution >= 4 is 0 Å². The largest absolute Gasteiger partial charge is 0.394 e. The number of rotatable bonds is 4. The average molecular weight is 229 g/mol. The zero-order valence-electron chi connectivity index (χ0n) is 9.91. The molecule has 4 nitrogen and oxygen atoms in total. The van der Waals surface area contributed by atoms with E-state index in [9.17, 15) is 5.11 Å². The van der Waals surface area contributed by atoms with Crippen molar-refractivity contribution in [3.05, 3.63) is 0 Å². The highest BCUT2D eigenvalue weighted by atomic mass is 16.5. The fourth-order valence-electron chi connectivity index (χ4n) is 2.48. The standard InChI is InChI=1S/C12H23NO3/c14-10-12(3-6-15-7-4-12)13-8-11-2-1-5-16-9-11/h11,13-14H,1-10H2. The third-order valence-electron chi connectivity index (χ3n) is 3.77. The highest BCUT2D eigenvalue weighted by Gasteiger charge is 2.32. The van der Waals surface area contributed by atoms with Crippen molar-refractivity contribution in [2.24, 2.45) is 5.92 Å². The lowest BCUT2D eigenvalue weighted by molar-refractivity contribution is 0.00249. The molecular weight excluding hydrogens is 206 g/mol. The van der Waals surface area contributed by atoms with Crippen LogP contribution in [0.3, 0.4) is 0 Å². The third-order valence-corrected chi connectivity index (χ3v) is 3.77. The van der Waals surface area contributed by atoms with Crippen LogP contribution in [0.25, 0.3) is 0 Å². The molecule has 0 aliphatic carbocycles. The molecule has 0 aromatic rings. The van der Waals surface area contributed by atoms with E-state index >= 15 is 0 Å². The molecule has 2 fully saturated rings. The average Bonchev–Trinajstić information content (AvgIpc) is 2.39. The van der Waals surface area contributed by atoms with Gasteiger partial charge in [-0.15, -0.1) is 0 Å². The van der Waals surface area contributed by atoms with Crippen LogP contribution in [0.2, 0.25) is 0 Å². The second-order valence-corrected chi connectivity index (χ2v) is 5.01. The Bertz CT molecular complexity index is 198. The second kappa shape index (κ2) is 5.96. The lowest BCUT2D eigenvalue weighted by atomic mass is 9.90. The minimum absolute atomic E-state index is 0.101. The minimum Gasteiger partial charge on any atom is -0.394 e. The minimum atomic E-state index is -0.101. The number of ether oxygens (including phenoxy) is 2. The van der Waals surface area contributed by atoms with Crippen LogP contribution in [-0.4, -0.2) is 50.2 Å². The summed E-state index contributed by atoms with van der Waals surface area (Å²) in [6.07, 6.45) is 4.24. The Balaban J connectivity index is 1.77. The lowest BCUT2D eigenvalue weighted by Crippen LogP contribution is -2.54. The number of nitrogens with one attached hydrogen (secondary N) is 1. The zero-order chi connectivity index (χ0) is 11.3. The Hall–Kier alpha value is -0.160. The molecule has 4 heteroatoms. The summed E-state index contributed by atoms with van der Waals surface area (Å²) < 4.78 is 10.8. The molecule has 2 aliphatic heterocycles. The molecule has 1 atom stereocenters. The third kappa shape index (κ3) is 3.17. The van der Waals surface area contributed by atoms with Gasteiger partial charge in [0.25, 0.3) is 0 Å². The summed E-state index contributed by atoms with van der Waals surface area (Å²) in [6, 6.07) is 0.